The van der Waals surface area contributed by atoms with Gasteiger partial charge in [-0.2, -0.15) is 0 Å². The zero-order chi connectivity index (χ0) is 9.36. The molecule has 0 aliphatic carbocycles. The summed E-state index contributed by atoms with van der Waals surface area (Å²) in [5.41, 5.74) is 0. The standard InChI is InChI=1S/C11H20O2/c12-9-7-5-3-1-2-4-6-8-11-10-13-11/h7,9,11-12H,1-6,8,10H2. The van der Waals surface area contributed by atoms with E-state index in [0.29, 0.717) is 6.10 Å². The number of aliphatic hydroxyl groups is 1. The van der Waals surface area contributed by atoms with Crippen LogP contribution in [0.25, 0.3) is 0 Å². The molecule has 0 radical (unpaired) electrons. The highest BCUT2D eigenvalue weighted by Gasteiger charge is 2.20. The minimum atomic E-state index is 0.609. The van der Waals surface area contributed by atoms with Gasteiger partial charge in [-0.25, -0.2) is 0 Å². The number of ether oxygens (including phenoxy) is 1. The third-order valence-electron chi connectivity index (χ3n) is 2.40. The van der Waals surface area contributed by atoms with Gasteiger partial charge < -0.3 is 9.84 Å². The smallest absolute Gasteiger partial charge is 0.0810 e. The van der Waals surface area contributed by atoms with Gasteiger partial charge >= 0.3 is 0 Å². The maximum absolute atomic E-state index is 8.38. The second kappa shape index (κ2) is 6.96. The van der Waals surface area contributed by atoms with E-state index < -0.39 is 0 Å². The van der Waals surface area contributed by atoms with Gasteiger partial charge in [0.1, 0.15) is 0 Å². The van der Waals surface area contributed by atoms with Crippen molar-refractivity contribution < 1.29 is 9.84 Å². The first-order valence-electron chi connectivity index (χ1n) is 5.34. The number of rotatable bonds is 8. The lowest BCUT2D eigenvalue weighted by Gasteiger charge is -1.98. The third kappa shape index (κ3) is 6.64. The number of allylic oxidation sites excluding steroid dienone is 1. The molecule has 0 amide bonds. The van der Waals surface area contributed by atoms with Gasteiger partial charge in [0.05, 0.1) is 19.0 Å². The van der Waals surface area contributed by atoms with E-state index in [9.17, 15) is 0 Å². The minimum Gasteiger partial charge on any atom is -0.516 e. The molecule has 2 heteroatoms. The summed E-state index contributed by atoms with van der Waals surface area (Å²) < 4.78 is 5.13. The molecule has 0 aromatic heterocycles. The zero-order valence-electron chi connectivity index (χ0n) is 8.24. The predicted octanol–water partition coefficient (Wildman–Crippen LogP) is 3.19. The lowest BCUT2D eigenvalue weighted by atomic mass is 10.1. The lowest BCUT2D eigenvalue weighted by Crippen LogP contribution is -1.85. The highest BCUT2D eigenvalue weighted by atomic mass is 16.6. The van der Waals surface area contributed by atoms with Gasteiger partial charge in [0.2, 0.25) is 0 Å². The monoisotopic (exact) mass is 184 g/mol. The summed E-state index contributed by atoms with van der Waals surface area (Å²) in [6.07, 6.45) is 12.3. The number of hydrogen-bond acceptors (Lipinski definition) is 2. The first-order valence-corrected chi connectivity index (χ1v) is 5.34. The van der Waals surface area contributed by atoms with Gasteiger partial charge in [0.15, 0.2) is 0 Å². The van der Waals surface area contributed by atoms with Crippen LogP contribution in [-0.2, 0) is 4.74 Å². The molecule has 1 fully saturated rings. The average Bonchev–Trinajstić information content (AvgIpc) is 2.93. The number of unbranched alkanes of at least 4 members (excludes halogenated alkanes) is 5. The second-order valence-corrected chi connectivity index (χ2v) is 3.69. The Balaban J connectivity index is 1.68. The fourth-order valence-corrected chi connectivity index (χ4v) is 1.47. The number of epoxide rings is 1. The van der Waals surface area contributed by atoms with Gasteiger partial charge in [-0.15, -0.1) is 0 Å². The molecule has 0 spiro atoms. The van der Waals surface area contributed by atoms with Crippen LogP contribution in [0.3, 0.4) is 0 Å². The van der Waals surface area contributed by atoms with E-state index in [1.54, 1.807) is 0 Å². The summed E-state index contributed by atoms with van der Waals surface area (Å²) in [5, 5.41) is 8.38. The van der Waals surface area contributed by atoms with E-state index >= 15 is 0 Å². The molecule has 0 bridgehead atoms. The Kier molecular flexibility index (Phi) is 5.66. The van der Waals surface area contributed by atoms with Crippen LogP contribution in [0, 0.1) is 0 Å². The molecule has 76 valence electrons. The molecule has 1 N–H and O–H groups in total. The van der Waals surface area contributed by atoms with Crippen molar-refractivity contribution in [1.82, 2.24) is 0 Å². The molecular formula is C11H20O2. The fourth-order valence-electron chi connectivity index (χ4n) is 1.47. The van der Waals surface area contributed by atoms with Crippen LogP contribution in [0.4, 0.5) is 0 Å². The van der Waals surface area contributed by atoms with Crippen LogP contribution in [-0.4, -0.2) is 17.8 Å². The van der Waals surface area contributed by atoms with E-state index in [4.69, 9.17) is 9.84 Å². The third-order valence-corrected chi connectivity index (χ3v) is 2.40. The minimum absolute atomic E-state index is 0.609. The lowest BCUT2D eigenvalue weighted by molar-refractivity contribution is 0.387. The molecule has 1 unspecified atom stereocenters. The van der Waals surface area contributed by atoms with Crippen molar-refractivity contribution >= 4 is 0 Å². The Morgan fingerprint density at radius 3 is 2.54 bits per heavy atom. The van der Waals surface area contributed by atoms with Crippen molar-refractivity contribution in [1.29, 1.82) is 0 Å². The van der Waals surface area contributed by atoms with Crippen molar-refractivity contribution in [2.75, 3.05) is 6.61 Å². The van der Waals surface area contributed by atoms with E-state index in [1.165, 1.54) is 38.5 Å². The molecule has 1 heterocycles. The van der Waals surface area contributed by atoms with Gasteiger partial charge in [-0.3, -0.25) is 0 Å². The molecule has 0 aromatic carbocycles. The zero-order valence-corrected chi connectivity index (χ0v) is 8.24. The summed E-state index contributed by atoms with van der Waals surface area (Å²) >= 11 is 0. The Hall–Kier alpha value is -0.500. The van der Waals surface area contributed by atoms with Crippen molar-refractivity contribution in [2.45, 2.75) is 51.0 Å². The fraction of sp³-hybridized carbons (Fsp3) is 0.818. The highest BCUT2D eigenvalue weighted by molar-refractivity contribution is 4.71. The van der Waals surface area contributed by atoms with E-state index in [2.05, 4.69) is 0 Å². The largest absolute Gasteiger partial charge is 0.516 e. The Labute approximate surface area is 80.6 Å². The van der Waals surface area contributed by atoms with Crippen LogP contribution in [0.5, 0.6) is 0 Å². The Morgan fingerprint density at radius 2 is 1.85 bits per heavy atom. The topological polar surface area (TPSA) is 32.8 Å². The van der Waals surface area contributed by atoms with Crippen LogP contribution in [0.15, 0.2) is 12.3 Å². The first-order chi connectivity index (χ1) is 6.43. The molecule has 1 aliphatic heterocycles. The van der Waals surface area contributed by atoms with Gasteiger partial charge in [-0.1, -0.05) is 31.8 Å². The van der Waals surface area contributed by atoms with Gasteiger partial charge in [0.25, 0.3) is 0 Å². The van der Waals surface area contributed by atoms with Gasteiger partial charge in [-0.05, 0) is 19.3 Å². The molecule has 0 saturated carbocycles. The van der Waals surface area contributed by atoms with Crippen molar-refractivity contribution in [3.8, 4) is 0 Å². The van der Waals surface area contributed by atoms with Crippen LogP contribution >= 0.6 is 0 Å². The molecular weight excluding hydrogens is 164 g/mol. The van der Waals surface area contributed by atoms with E-state index in [1.807, 2.05) is 6.08 Å². The maximum Gasteiger partial charge on any atom is 0.0810 e. The molecule has 1 atom stereocenters. The highest BCUT2D eigenvalue weighted by Crippen LogP contribution is 2.17. The van der Waals surface area contributed by atoms with Crippen LogP contribution in [0.2, 0.25) is 0 Å². The molecule has 2 nitrogen and oxygen atoms in total. The predicted molar refractivity (Wildman–Crippen MR) is 53.8 cm³/mol. The van der Waals surface area contributed by atoms with Crippen molar-refractivity contribution in [3.63, 3.8) is 0 Å². The summed E-state index contributed by atoms with van der Waals surface area (Å²) in [7, 11) is 0. The summed E-state index contributed by atoms with van der Waals surface area (Å²) in [5.74, 6) is 0. The SMILES string of the molecule is OC=CCCCCCCCC1CO1. The first kappa shape index (κ1) is 10.6. The molecule has 0 aromatic rings. The Morgan fingerprint density at radius 1 is 1.15 bits per heavy atom. The summed E-state index contributed by atoms with van der Waals surface area (Å²) in [6.45, 7) is 1.00. The van der Waals surface area contributed by atoms with Crippen molar-refractivity contribution in [3.05, 3.63) is 12.3 Å². The quantitative estimate of drug-likeness (QED) is 0.357. The average molecular weight is 184 g/mol. The molecule has 1 aliphatic rings. The maximum atomic E-state index is 8.38. The molecule has 1 saturated heterocycles. The molecule has 1 rings (SSSR count). The number of aliphatic hydroxyl groups excluding tert-OH is 1. The van der Waals surface area contributed by atoms with Crippen LogP contribution < -0.4 is 0 Å². The van der Waals surface area contributed by atoms with Crippen LogP contribution in [0.1, 0.15) is 44.9 Å². The second-order valence-electron chi connectivity index (χ2n) is 3.69. The normalized spacial score (nSPS) is 21.1. The van der Waals surface area contributed by atoms with E-state index in [-0.39, 0.29) is 0 Å². The summed E-state index contributed by atoms with van der Waals surface area (Å²) in [6, 6.07) is 0. The van der Waals surface area contributed by atoms with Crippen molar-refractivity contribution in [2.24, 2.45) is 0 Å². The Bertz CT molecular complexity index is 139. The van der Waals surface area contributed by atoms with Gasteiger partial charge in [0, 0.05) is 0 Å². The van der Waals surface area contributed by atoms with E-state index in [0.717, 1.165) is 19.3 Å². The summed E-state index contributed by atoms with van der Waals surface area (Å²) in [4.78, 5) is 0. The molecule has 13 heavy (non-hydrogen) atoms. The number of hydrogen-bond donors (Lipinski definition) is 1.